The Bertz CT molecular complexity index is 1110. The predicted molar refractivity (Wildman–Crippen MR) is 112 cm³/mol. The van der Waals surface area contributed by atoms with Crippen molar-refractivity contribution in [2.45, 2.75) is 45.9 Å². The van der Waals surface area contributed by atoms with Gasteiger partial charge in [0.25, 0.3) is 0 Å². The number of Topliss-reactive ketones (excluding diaryl/α,β-unsaturated/α-hetero) is 1. The number of carbonyl (C=O) groups is 2. The van der Waals surface area contributed by atoms with Gasteiger partial charge in [-0.3, -0.25) is 9.59 Å². The maximum absolute atomic E-state index is 13.6. The van der Waals surface area contributed by atoms with Gasteiger partial charge in [0.15, 0.2) is 6.61 Å². The number of ether oxygens (including phenoxy) is 1. The standard InChI is InChI=1S/C22H25F2NO5S/c1-12-13(2)15(4)22(16(5)14(12)3)31(28,29)25-9-8-21(27)30-11-20(26)18-7-6-17(23)10-19(18)24/h6-7,10,25H,8-9,11H2,1-5H3. The minimum Gasteiger partial charge on any atom is -0.457 e. The molecule has 0 heterocycles. The highest BCUT2D eigenvalue weighted by Crippen LogP contribution is 2.29. The van der Waals surface area contributed by atoms with Crippen LogP contribution in [-0.4, -0.2) is 33.3 Å². The molecule has 0 saturated carbocycles. The van der Waals surface area contributed by atoms with E-state index < -0.39 is 45.6 Å². The first-order valence-electron chi connectivity index (χ1n) is 9.57. The maximum atomic E-state index is 13.6. The molecule has 0 bridgehead atoms. The molecule has 0 aliphatic carbocycles. The molecule has 0 aliphatic rings. The molecule has 9 heteroatoms. The number of halogens is 2. The van der Waals surface area contributed by atoms with Crippen LogP contribution in [0, 0.1) is 46.3 Å². The van der Waals surface area contributed by atoms with Crippen molar-refractivity contribution in [3.05, 3.63) is 63.2 Å². The molecule has 0 fully saturated rings. The van der Waals surface area contributed by atoms with E-state index in [1.165, 1.54) is 0 Å². The fourth-order valence-electron chi connectivity index (χ4n) is 3.24. The largest absolute Gasteiger partial charge is 0.457 e. The Labute approximate surface area is 180 Å². The third kappa shape index (κ3) is 5.54. The molecule has 168 valence electrons. The van der Waals surface area contributed by atoms with Crippen LogP contribution in [0.3, 0.4) is 0 Å². The lowest BCUT2D eigenvalue weighted by Crippen LogP contribution is -2.29. The minimum atomic E-state index is -3.87. The Morgan fingerprint density at radius 1 is 0.935 bits per heavy atom. The SMILES string of the molecule is Cc1c(C)c(C)c(S(=O)(=O)NCCC(=O)OCC(=O)c2ccc(F)cc2F)c(C)c1C. The molecule has 2 rings (SSSR count). The Morgan fingerprint density at radius 2 is 1.48 bits per heavy atom. The fraction of sp³-hybridized carbons (Fsp3) is 0.364. The molecule has 0 radical (unpaired) electrons. The van der Waals surface area contributed by atoms with Crippen LogP contribution in [0.5, 0.6) is 0 Å². The monoisotopic (exact) mass is 453 g/mol. The van der Waals surface area contributed by atoms with Crippen molar-refractivity contribution in [2.24, 2.45) is 0 Å². The van der Waals surface area contributed by atoms with Gasteiger partial charge in [0.2, 0.25) is 15.8 Å². The first kappa shape index (κ1) is 24.6. The zero-order valence-corrected chi connectivity index (χ0v) is 18.9. The minimum absolute atomic E-state index is 0.184. The van der Waals surface area contributed by atoms with E-state index in [1.54, 1.807) is 13.8 Å². The van der Waals surface area contributed by atoms with E-state index in [0.29, 0.717) is 17.2 Å². The average molecular weight is 454 g/mol. The summed E-state index contributed by atoms with van der Waals surface area (Å²) in [6.07, 6.45) is -0.319. The van der Waals surface area contributed by atoms with Crippen molar-refractivity contribution >= 4 is 21.8 Å². The Kier molecular flexibility index (Phi) is 7.67. The number of carbonyl (C=O) groups excluding carboxylic acids is 2. The first-order chi connectivity index (χ1) is 14.4. The molecule has 2 aromatic rings. The van der Waals surface area contributed by atoms with E-state index >= 15 is 0 Å². The summed E-state index contributed by atoms with van der Waals surface area (Å²) in [6.45, 7) is 8.15. The summed E-state index contributed by atoms with van der Waals surface area (Å²) in [5.41, 5.74) is 3.68. The molecule has 0 spiro atoms. The number of nitrogens with one attached hydrogen (secondary N) is 1. The van der Waals surface area contributed by atoms with Crippen LogP contribution in [0.4, 0.5) is 8.78 Å². The van der Waals surface area contributed by atoms with Gasteiger partial charge in [0, 0.05) is 12.6 Å². The zero-order valence-electron chi connectivity index (χ0n) is 18.1. The van der Waals surface area contributed by atoms with E-state index in [-0.39, 0.29) is 17.9 Å². The van der Waals surface area contributed by atoms with Gasteiger partial charge in [-0.2, -0.15) is 0 Å². The van der Waals surface area contributed by atoms with E-state index in [9.17, 15) is 26.8 Å². The number of benzene rings is 2. The quantitative estimate of drug-likeness (QED) is 0.487. The normalized spacial score (nSPS) is 11.5. The molecule has 0 atom stereocenters. The van der Waals surface area contributed by atoms with E-state index in [1.807, 2.05) is 20.8 Å². The van der Waals surface area contributed by atoms with Crippen molar-refractivity contribution in [1.29, 1.82) is 0 Å². The van der Waals surface area contributed by atoms with Crippen LogP contribution in [0.2, 0.25) is 0 Å². The van der Waals surface area contributed by atoms with Crippen molar-refractivity contribution in [2.75, 3.05) is 13.2 Å². The highest BCUT2D eigenvalue weighted by Gasteiger charge is 2.23. The smallest absolute Gasteiger partial charge is 0.307 e. The van der Waals surface area contributed by atoms with E-state index in [2.05, 4.69) is 4.72 Å². The highest BCUT2D eigenvalue weighted by molar-refractivity contribution is 7.89. The van der Waals surface area contributed by atoms with E-state index in [0.717, 1.165) is 28.8 Å². The maximum Gasteiger partial charge on any atom is 0.307 e. The summed E-state index contributed by atoms with van der Waals surface area (Å²) in [5, 5.41) is 0. The van der Waals surface area contributed by atoms with Crippen LogP contribution >= 0.6 is 0 Å². The number of rotatable bonds is 8. The van der Waals surface area contributed by atoms with Gasteiger partial charge in [-0.05, 0) is 74.6 Å². The van der Waals surface area contributed by atoms with Gasteiger partial charge in [-0.25, -0.2) is 21.9 Å². The molecule has 0 amide bonds. The van der Waals surface area contributed by atoms with Gasteiger partial charge >= 0.3 is 5.97 Å². The van der Waals surface area contributed by atoms with Crippen molar-refractivity contribution in [3.8, 4) is 0 Å². The number of sulfonamides is 1. The second-order valence-electron chi connectivity index (χ2n) is 7.31. The molecule has 0 aliphatic heterocycles. The summed E-state index contributed by atoms with van der Waals surface area (Å²) in [6, 6.07) is 2.44. The fourth-order valence-corrected chi connectivity index (χ4v) is 4.87. The number of ketones is 1. The molecule has 31 heavy (non-hydrogen) atoms. The van der Waals surface area contributed by atoms with Gasteiger partial charge in [0.1, 0.15) is 11.6 Å². The summed E-state index contributed by atoms with van der Waals surface area (Å²) in [4.78, 5) is 24.0. The number of hydrogen-bond donors (Lipinski definition) is 1. The second-order valence-corrected chi connectivity index (χ2v) is 9.01. The first-order valence-corrected chi connectivity index (χ1v) is 11.1. The molecule has 1 N–H and O–H groups in total. The molecule has 0 aromatic heterocycles. The van der Waals surface area contributed by atoms with E-state index in [4.69, 9.17) is 4.74 Å². The molecular weight excluding hydrogens is 428 g/mol. The average Bonchev–Trinajstić information content (AvgIpc) is 2.68. The molecular formula is C22H25F2NO5S. The van der Waals surface area contributed by atoms with Crippen LogP contribution in [-0.2, 0) is 19.6 Å². The van der Waals surface area contributed by atoms with Crippen LogP contribution in [0.15, 0.2) is 23.1 Å². The number of esters is 1. The van der Waals surface area contributed by atoms with Crippen LogP contribution in [0.1, 0.15) is 44.6 Å². The predicted octanol–water partition coefficient (Wildman–Crippen LogP) is 3.60. The Balaban J connectivity index is 1.97. The lowest BCUT2D eigenvalue weighted by molar-refractivity contribution is -0.142. The third-order valence-electron chi connectivity index (χ3n) is 5.42. The van der Waals surface area contributed by atoms with Crippen molar-refractivity contribution in [1.82, 2.24) is 4.72 Å². The van der Waals surface area contributed by atoms with Gasteiger partial charge in [-0.1, -0.05) is 0 Å². The Morgan fingerprint density at radius 3 is 2.03 bits per heavy atom. The summed E-state index contributed by atoms with van der Waals surface area (Å²) in [7, 11) is -3.87. The summed E-state index contributed by atoms with van der Waals surface area (Å²) >= 11 is 0. The van der Waals surface area contributed by atoms with Crippen LogP contribution < -0.4 is 4.72 Å². The molecule has 0 saturated heterocycles. The summed E-state index contributed by atoms with van der Waals surface area (Å²) in [5.74, 6) is -3.54. The van der Waals surface area contributed by atoms with Gasteiger partial charge < -0.3 is 4.74 Å². The Hall–Kier alpha value is -2.65. The summed E-state index contributed by atoms with van der Waals surface area (Å²) < 4.78 is 59.3. The highest BCUT2D eigenvalue weighted by atomic mass is 32.2. The van der Waals surface area contributed by atoms with Gasteiger partial charge in [-0.15, -0.1) is 0 Å². The van der Waals surface area contributed by atoms with Gasteiger partial charge in [0.05, 0.1) is 16.9 Å². The zero-order chi connectivity index (χ0) is 23.5. The molecule has 6 nitrogen and oxygen atoms in total. The lowest BCUT2D eigenvalue weighted by atomic mass is 9.95. The van der Waals surface area contributed by atoms with Crippen LogP contribution in [0.25, 0.3) is 0 Å². The topological polar surface area (TPSA) is 89.5 Å². The molecule has 0 unspecified atom stereocenters. The third-order valence-corrected chi connectivity index (χ3v) is 7.15. The lowest BCUT2D eigenvalue weighted by Gasteiger charge is -2.19. The molecule has 2 aromatic carbocycles. The number of hydrogen-bond acceptors (Lipinski definition) is 5. The van der Waals surface area contributed by atoms with Crippen molar-refractivity contribution in [3.63, 3.8) is 0 Å². The second kappa shape index (κ2) is 9.65. The van der Waals surface area contributed by atoms with Crippen molar-refractivity contribution < 1.29 is 31.5 Å².